The molecular formula is C26H16F5N3O2. The molecular weight excluding hydrogens is 481 g/mol. The van der Waals surface area contributed by atoms with Gasteiger partial charge in [0.15, 0.2) is 0 Å². The molecule has 10 heteroatoms. The first kappa shape index (κ1) is 23.3. The van der Waals surface area contributed by atoms with E-state index >= 15 is 0 Å². The summed E-state index contributed by atoms with van der Waals surface area (Å²) in [6, 6.07) is 10.8. The molecule has 182 valence electrons. The Kier molecular flexibility index (Phi) is 5.20. The summed E-state index contributed by atoms with van der Waals surface area (Å²) < 4.78 is 72.7. The van der Waals surface area contributed by atoms with Crippen LogP contribution in [0.2, 0.25) is 0 Å². The lowest BCUT2D eigenvalue weighted by molar-refractivity contribution is -0.137. The first-order chi connectivity index (χ1) is 17.0. The fourth-order valence-electron chi connectivity index (χ4n) is 4.26. The quantitative estimate of drug-likeness (QED) is 0.201. The molecule has 0 radical (unpaired) electrons. The highest BCUT2D eigenvalue weighted by molar-refractivity contribution is 6.09. The van der Waals surface area contributed by atoms with Crippen molar-refractivity contribution in [3.63, 3.8) is 0 Å². The Morgan fingerprint density at radius 1 is 0.917 bits per heavy atom. The SMILES string of the molecule is Cn1ccc2cc(C(F)(F)F)c(-c3cccn4c(C(=O)c5cc(F)c(N)c(F)c5)ccc34)cc2c1=O. The van der Waals surface area contributed by atoms with Crippen molar-refractivity contribution >= 4 is 27.8 Å². The molecule has 0 aliphatic carbocycles. The molecule has 0 fully saturated rings. The van der Waals surface area contributed by atoms with Crippen LogP contribution in [0.15, 0.2) is 71.8 Å². The Morgan fingerprint density at radius 2 is 1.61 bits per heavy atom. The number of halogens is 5. The number of anilines is 1. The average Bonchev–Trinajstić information content (AvgIpc) is 3.27. The van der Waals surface area contributed by atoms with Gasteiger partial charge in [0, 0.05) is 36.0 Å². The van der Waals surface area contributed by atoms with Crippen LogP contribution >= 0.6 is 0 Å². The summed E-state index contributed by atoms with van der Waals surface area (Å²) in [6.45, 7) is 0. The first-order valence-corrected chi connectivity index (χ1v) is 10.6. The zero-order valence-electron chi connectivity index (χ0n) is 18.5. The number of nitrogens with two attached hydrogens (primary N) is 1. The van der Waals surface area contributed by atoms with Gasteiger partial charge in [0.1, 0.15) is 17.3 Å². The molecule has 0 saturated heterocycles. The van der Waals surface area contributed by atoms with Gasteiger partial charge >= 0.3 is 6.18 Å². The Morgan fingerprint density at radius 3 is 2.28 bits per heavy atom. The molecule has 3 aromatic heterocycles. The second-order valence-corrected chi connectivity index (χ2v) is 8.29. The molecule has 0 aliphatic heterocycles. The summed E-state index contributed by atoms with van der Waals surface area (Å²) in [5.41, 5.74) is 2.90. The van der Waals surface area contributed by atoms with Gasteiger partial charge in [0.25, 0.3) is 5.56 Å². The van der Waals surface area contributed by atoms with Crippen molar-refractivity contribution < 1.29 is 26.7 Å². The van der Waals surface area contributed by atoms with E-state index in [2.05, 4.69) is 0 Å². The van der Waals surface area contributed by atoms with Gasteiger partial charge in [-0.05, 0) is 59.5 Å². The molecule has 5 nitrogen and oxygen atoms in total. The number of hydrogen-bond acceptors (Lipinski definition) is 3. The number of ketones is 1. The second kappa shape index (κ2) is 8.04. The van der Waals surface area contributed by atoms with E-state index in [1.807, 2.05) is 0 Å². The zero-order chi connectivity index (χ0) is 25.9. The van der Waals surface area contributed by atoms with E-state index < -0.39 is 40.4 Å². The molecule has 2 aromatic carbocycles. The van der Waals surface area contributed by atoms with Gasteiger partial charge in [-0.25, -0.2) is 8.78 Å². The van der Waals surface area contributed by atoms with Crippen molar-refractivity contribution in [3.8, 4) is 11.1 Å². The van der Waals surface area contributed by atoms with Crippen LogP contribution in [-0.2, 0) is 13.2 Å². The number of alkyl halides is 3. The van der Waals surface area contributed by atoms with Crippen LogP contribution in [0, 0.1) is 11.6 Å². The predicted molar refractivity (Wildman–Crippen MR) is 125 cm³/mol. The molecule has 0 atom stereocenters. The summed E-state index contributed by atoms with van der Waals surface area (Å²) in [6.07, 6.45) is -1.90. The first-order valence-electron chi connectivity index (χ1n) is 10.6. The molecule has 2 N–H and O–H groups in total. The Balaban J connectivity index is 1.75. The number of aryl methyl sites for hydroxylation is 1. The summed E-state index contributed by atoms with van der Waals surface area (Å²) in [4.78, 5) is 25.7. The summed E-state index contributed by atoms with van der Waals surface area (Å²) >= 11 is 0. The maximum atomic E-state index is 14.1. The van der Waals surface area contributed by atoms with Crippen LogP contribution in [0.1, 0.15) is 21.6 Å². The summed E-state index contributed by atoms with van der Waals surface area (Å²) in [5, 5.41) is 0.237. The topological polar surface area (TPSA) is 69.5 Å². The molecule has 0 unspecified atom stereocenters. The third kappa shape index (κ3) is 3.62. The molecule has 0 aliphatic rings. The van der Waals surface area contributed by atoms with Crippen LogP contribution in [0.5, 0.6) is 0 Å². The number of nitrogen functional groups attached to an aromatic ring is 1. The van der Waals surface area contributed by atoms with Gasteiger partial charge in [-0.15, -0.1) is 0 Å². The minimum Gasteiger partial charge on any atom is -0.394 e. The van der Waals surface area contributed by atoms with Gasteiger partial charge in [-0.3, -0.25) is 9.59 Å². The second-order valence-electron chi connectivity index (χ2n) is 8.29. The van der Waals surface area contributed by atoms with Crippen molar-refractivity contribution in [1.29, 1.82) is 0 Å². The van der Waals surface area contributed by atoms with Crippen LogP contribution < -0.4 is 11.3 Å². The molecule has 0 bridgehead atoms. The number of fused-ring (bicyclic) bond motifs is 2. The van der Waals surface area contributed by atoms with Crippen LogP contribution in [0.3, 0.4) is 0 Å². The highest BCUT2D eigenvalue weighted by Gasteiger charge is 2.35. The number of nitrogens with zero attached hydrogens (tertiary/aromatic N) is 2. The number of carbonyl (C=O) groups is 1. The monoisotopic (exact) mass is 497 g/mol. The molecule has 36 heavy (non-hydrogen) atoms. The zero-order valence-corrected chi connectivity index (χ0v) is 18.5. The minimum absolute atomic E-state index is 0.0271. The Labute approximate surface area is 199 Å². The van der Waals surface area contributed by atoms with Gasteiger partial charge < -0.3 is 14.7 Å². The molecule has 5 aromatic rings. The van der Waals surface area contributed by atoms with Crippen LogP contribution in [0.4, 0.5) is 27.6 Å². The standard InChI is InChI=1S/C26H16F5N3O2/c1-33-8-6-13-9-18(26(29,30)31)17(12-16(13)25(33)36)15-3-2-7-34-21(15)4-5-22(34)24(35)14-10-19(27)23(32)20(28)11-14/h2-12H,32H2,1H3. The van der Waals surface area contributed by atoms with E-state index in [4.69, 9.17) is 5.73 Å². The van der Waals surface area contributed by atoms with E-state index in [1.165, 1.54) is 64.8 Å². The summed E-state index contributed by atoms with van der Waals surface area (Å²) in [7, 11) is 1.49. The highest BCUT2D eigenvalue weighted by Crippen LogP contribution is 2.40. The van der Waals surface area contributed by atoms with Gasteiger partial charge in [0.05, 0.1) is 16.8 Å². The van der Waals surface area contributed by atoms with E-state index in [0.29, 0.717) is 0 Å². The molecule has 3 heterocycles. The predicted octanol–water partition coefficient (Wildman–Crippen LogP) is 5.57. The van der Waals surface area contributed by atoms with E-state index in [-0.39, 0.29) is 38.7 Å². The third-order valence-electron chi connectivity index (χ3n) is 6.08. The fourth-order valence-corrected chi connectivity index (χ4v) is 4.26. The smallest absolute Gasteiger partial charge is 0.394 e. The Bertz CT molecular complexity index is 1740. The minimum atomic E-state index is -4.73. The number of carbonyl (C=O) groups excluding carboxylic acids is 1. The van der Waals surface area contributed by atoms with Crippen molar-refractivity contribution in [1.82, 2.24) is 8.97 Å². The van der Waals surface area contributed by atoms with Crippen molar-refractivity contribution in [2.45, 2.75) is 6.18 Å². The maximum Gasteiger partial charge on any atom is 0.417 e. The molecule has 5 rings (SSSR count). The molecule has 0 saturated carbocycles. The number of rotatable bonds is 3. The third-order valence-corrected chi connectivity index (χ3v) is 6.08. The van der Waals surface area contributed by atoms with Crippen LogP contribution in [0.25, 0.3) is 27.4 Å². The van der Waals surface area contributed by atoms with E-state index in [1.54, 1.807) is 0 Å². The lowest BCUT2D eigenvalue weighted by Gasteiger charge is -2.16. The van der Waals surface area contributed by atoms with Crippen LogP contribution in [-0.4, -0.2) is 14.8 Å². The van der Waals surface area contributed by atoms with E-state index in [9.17, 15) is 31.5 Å². The largest absolute Gasteiger partial charge is 0.417 e. The van der Waals surface area contributed by atoms with Crippen molar-refractivity contribution in [3.05, 3.63) is 106 Å². The van der Waals surface area contributed by atoms with Crippen molar-refractivity contribution in [2.24, 2.45) is 7.05 Å². The van der Waals surface area contributed by atoms with Gasteiger partial charge in [-0.1, -0.05) is 6.07 Å². The number of aromatic nitrogens is 2. The highest BCUT2D eigenvalue weighted by atomic mass is 19.4. The lowest BCUT2D eigenvalue weighted by Crippen LogP contribution is -2.16. The number of benzene rings is 2. The molecule has 0 amide bonds. The summed E-state index contributed by atoms with van der Waals surface area (Å²) in [5.74, 6) is -2.96. The Hall–Kier alpha value is -4.47. The number of pyridine rings is 2. The van der Waals surface area contributed by atoms with E-state index in [0.717, 1.165) is 18.2 Å². The normalized spacial score (nSPS) is 11.9. The van der Waals surface area contributed by atoms with Crippen molar-refractivity contribution in [2.75, 3.05) is 5.73 Å². The average molecular weight is 497 g/mol. The molecule has 0 spiro atoms. The lowest BCUT2D eigenvalue weighted by atomic mass is 9.95. The van der Waals surface area contributed by atoms with Gasteiger partial charge in [-0.2, -0.15) is 13.2 Å². The maximum absolute atomic E-state index is 14.1. The number of hydrogen-bond donors (Lipinski definition) is 1. The fraction of sp³-hybridized carbons (Fsp3) is 0.0769. The van der Waals surface area contributed by atoms with Gasteiger partial charge in [0.2, 0.25) is 5.78 Å².